The molecule has 3 aromatic rings. The molecule has 1 aliphatic rings. The van der Waals surface area contributed by atoms with Crippen LogP contribution in [0.25, 0.3) is 0 Å². The van der Waals surface area contributed by atoms with E-state index in [1.54, 1.807) is 24.3 Å². The number of anilines is 2. The number of ether oxygens (including phenoxy) is 1. The van der Waals surface area contributed by atoms with Crippen LogP contribution in [0.3, 0.4) is 0 Å². The van der Waals surface area contributed by atoms with Crippen molar-refractivity contribution in [2.75, 3.05) is 17.1 Å². The Morgan fingerprint density at radius 1 is 0.971 bits per heavy atom. The van der Waals surface area contributed by atoms with Crippen LogP contribution in [-0.2, 0) is 27.6 Å². The van der Waals surface area contributed by atoms with Crippen molar-refractivity contribution >= 4 is 50.0 Å². The molecule has 0 spiro atoms. The molecule has 1 aromatic heterocycles. The number of benzene rings is 2. The highest BCUT2D eigenvalue weighted by Crippen LogP contribution is 2.39. The standard InChI is InChI=1S/C23H21N3O6S2/c1-32-23(29)25-21(28)19-17-11-6-12-18(17)33-22(19)24-20(27)14-7-5-8-15(13-14)26-34(30,31)16-9-3-2-4-10-16/h2-5,7-10,13,26H,6,11-12H2,1H3,(H,24,27)(H,25,28,29). The lowest BCUT2D eigenvalue weighted by atomic mass is 10.1. The molecule has 0 atom stereocenters. The van der Waals surface area contributed by atoms with Gasteiger partial charge in [-0.2, -0.15) is 0 Å². The Hall–Kier alpha value is -3.70. The molecule has 1 heterocycles. The van der Waals surface area contributed by atoms with Gasteiger partial charge in [-0.05, 0) is 55.2 Å². The predicted molar refractivity (Wildman–Crippen MR) is 128 cm³/mol. The number of fused-ring (bicyclic) bond motifs is 1. The summed E-state index contributed by atoms with van der Waals surface area (Å²) in [5.74, 6) is -1.17. The van der Waals surface area contributed by atoms with E-state index in [0.29, 0.717) is 11.4 Å². The Morgan fingerprint density at radius 3 is 2.47 bits per heavy atom. The van der Waals surface area contributed by atoms with Crippen molar-refractivity contribution in [2.45, 2.75) is 24.2 Å². The minimum absolute atomic E-state index is 0.0965. The van der Waals surface area contributed by atoms with Gasteiger partial charge in [0.15, 0.2) is 0 Å². The lowest BCUT2D eigenvalue weighted by Crippen LogP contribution is -2.31. The van der Waals surface area contributed by atoms with Gasteiger partial charge in [0, 0.05) is 16.1 Å². The summed E-state index contributed by atoms with van der Waals surface area (Å²) in [6.07, 6.45) is 1.45. The van der Waals surface area contributed by atoms with Crippen molar-refractivity contribution in [3.8, 4) is 0 Å². The van der Waals surface area contributed by atoms with Gasteiger partial charge in [-0.3, -0.25) is 19.6 Å². The van der Waals surface area contributed by atoms with Gasteiger partial charge in [-0.25, -0.2) is 13.2 Å². The third-order valence-electron chi connectivity index (χ3n) is 5.21. The van der Waals surface area contributed by atoms with Crippen LogP contribution < -0.4 is 15.4 Å². The number of hydrogen-bond acceptors (Lipinski definition) is 7. The number of carbonyl (C=O) groups is 3. The molecule has 2 aromatic carbocycles. The van der Waals surface area contributed by atoms with Crippen LogP contribution in [0, 0.1) is 0 Å². The zero-order valence-corrected chi connectivity index (χ0v) is 19.7. The molecule has 0 aliphatic heterocycles. The molecule has 0 radical (unpaired) electrons. The van der Waals surface area contributed by atoms with Gasteiger partial charge in [0.05, 0.1) is 17.6 Å². The number of rotatable bonds is 6. The first kappa shape index (κ1) is 23.5. The number of hydrogen-bond donors (Lipinski definition) is 3. The smallest absolute Gasteiger partial charge is 0.413 e. The molecule has 0 unspecified atom stereocenters. The third-order valence-corrected chi connectivity index (χ3v) is 7.81. The van der Waals surface area contributed by atoms with Gasteiger partial charge in [-0.1, -0.05) is 24.3 Å². The summed E-state index contributed by atoms with van der Waals surface area (Å²) < 4.78 is 32.2. The van der Waals surface area contributed by atoms with Crippen molar-refractivity contribution in [1.29, 1.82) is 0 Å². The summed E-state index contributed by atoms with van der Waals surface area (Å²) in [5.41, 5.74) is 1.47. The van der Waals surface area contributed by atoms with Gasteiger partial charge in [0.2, 0.25) is 0 Å². The predicted octanol–water partition coefficient (Wildman–Crippen LogP) is 3.79. The van der Waals surface area contributed by atoms with Crippen LogP contribution in [0.4, 0.5) is 15.5 Å². The maximum atomic E-state index is 13.0. The second-order valence-electron chi connectivity index (χ2n) is 7.46. The van der Waals surface area contributed by atoms with Crippen molar-refractivity contribution in [3.05, 3.63) is 76.2 Å². The van der Waals surface area contributed by atoms with Gasteiger partial charge in [-0.15, -0.1) is 11.3 Å². The molecule has 0 bridgehead atoms. The molecule has 3 amide bonds. The highest BCUT2D eigenvalue weighted by molar-refractivity contribution is 7.92. The van der Waals surface area contributed by atoms with E-state index in [1.165, 1.54) is 41.7 Å². The van der Waals surface area contributed by atoms with Crippen LogP contribution >= 0.6 is 11.3 Å². The fourth-order valence-electron chi connectivity index (χ4n) is 3.65. The van der Waals surface area contributed by atoms with Crippen LogP contribution in [0.15, 0.2) is 59.5 Å². The van der Waals surface area contributed by atoms with E-state index >= 15 is 0 Å². The Kier molecular flexibility index (Phi) is 6.66. The average molecular weight is 500 g/mol. The van der Waals surface area contributed by atoms with Crippen molar-refractivity contribution < 1.29 is 27.5 Å². The lowest BCUT2D eigenvalue weighted by Gasteiger charge is -2.11. The van der Waals surface area contributed by atoms with Gasteiger partial charge >= 0.3 is 6.09 Å². The summed E-state index contributed by atoms with van der Waals surface area (Å²) in [4.78, 5) is 38.3. The van der Waals surface area contributed by atoms with Gasteiger partial charge < -0.3 is 10.1 Å². The minimum Gasteiger partial charge on any atom is -0.453 e. The molecular weight excluding hydrogens is 478 g/mol. The number of amides is 3. The highest BCUT2D eigenvalue weighted by atomic mass is 32.2. The van der Waals surface area contributed by atoms with E-state index in [2.05, 4.69) is 20.1 Å². The number of carbonyl (C=O) groups excluding carboxylic acids is 3. The summed E-state index contributed by atoms with van der Waals surface area (Å²) in [6.45, 7) is 0. The molecule has 0 saturated heterocycles. The van der Waals surface area contributed by atoms with E-state index in [1.807, 2.05) is 0 Å². The van der Waals surface area contributed by atoms with Crippen LogP contribution in [-0.4, -0.2) is 33.4 Å². The molecular formula is C23H21N3O6S2. The highest BCUT2D eigenvalue weighted by Gasteiger charge is 2.28. The van der Waals surface area contributed by atoms with E-state index in [0.717, 1.165) is 30.4 Å². The molecule has 0 fully saturated rings. The van der Waals surface area contributed by atoms with Crippen LogP contribution in [0.2, 0.25) is 0 Å². The number of thiophene rings is 1. The lowest BCUT2D eigenvalue weighted by molar-refractivity contribution is 0.0937. The molecule has 176 valence electrons. The summed E-state index contributed by atoms with van der Waals surface area (Å²) in [7, 11) is -2.67. The third kappa shape index (κ3) is 4.95. The molecule has 34 heavy (non-hydrogen) atoms. The fraction of sp³-hybridized carbons (Fsp3) is 0.174. The Morgan fingerprint density at radius 2 is 1.74 bits per heavy atom. The first-order chi connectivity index (χ1) is 16.3. The van der Waals surface area contributed by atoms with Crippen LogP contribution in [0.5, 0.6) is 0 Å². The Labute approximate surface area is 200 Å². The largest absolute Gasteiger partial charge is 0.453 e. The maximum absolute atomic E-state index is 13.0. The van der Waals surface area contributed by atoms with Crippen molar-refractivity contribution in [3.63, 3.8) is 0 Å². The maximum Gasteiger partial charge on any atom is 0.413 e. The zero-order chi connectivity index (χ0) is 24.3. The normalized spacial score (nSPS) is 12.5. The minimum atomic E-state index is -3.82. The SMILES string of the molecule is COC(=O)NC(=O)c1c(NC(=O)c2cccc(NS(=O)(=O)c3ccccc3)c2)sc2c1CCC2. The first-order valence-electron chi connectivity index (χ1n) is 10.3. The van der Waals surface area contributed by atoms with Crippen molar-refractivity contribution in [1.82, 2.24) is 5.32 Å². The number of nitrogens with one attached hydrogen (secondary N) is 3. The van der Waals surface area contributed by atoms with Crippen molar-refractivity contribution in [2.24, 2.45) is 0 Å². The number of sulfonamides is 1. The van der Waals surface area contributed by atoms with E-state index in [4.69, 9.17) is 0 Å². The van der Waals surface area contributed by atoms with E-state index in [9.17, 15) is 22.8 Å². The first-order valence-corrected chi connectivity index (χ1v) is 12.6. The molecule has 4 rings (SSSR count). The quantitative estimate of drug-likeness (QED) is 0.473. The monoisotopic (exact) mass is 499 g/mol. The average Bonchev–Trinajstić information content (AvgIpc) is 3.40. The second-order valence-corrected chi connectivity index (χ2v) is 10.2. The summed E-state index contributed by atoms with van der Waals surface area (Å²) in [5, 5.41) is 5.21. The number of alkyl carbamates (subject to hydrolysis) is 1. The second kappa shape index (κ2) is 9.65. The number of methoxy groups -OCH3 is 1. The fourth-order valence-corrected chi connectivity index (χ4v) is 6.00. The molecule has 9 nitrogen and oxygen atoms in total. The Bertz CT molecular complexity index is 1370. The number of aryl methyl sites for hydroxylation is 1. The molecule has 11 heteroatoms. The van der Waals surface area contributed by atoms with Crippen LogP contribution in [0.1, 0.15) is 37.6 Å². The van der Waals surface area contributed by atoms with Gasteiger partial charge in [0.25, 0.3) is 21.8 Å². The molecule has 1 aliphatic carbocycles. The van der Waals surface area contributed by atoms with E-state index in [-0.39, 0.29) is 21.7 Å². The topological polar surface area (TPSA) is 131 Å². The summed E-state index contributed by atoms with van der Waals surface area (Å²) in [6, 6.07) is 13.9. The zero-order valence-electron chi connectivity index (χ0n) is 18.1. The van der Waals surface area contributed by atoms with Gasteiger partial charge in [0.1, 0.15) is 5.00 Å². The number of imide groups is 1. The molecule has 0 saturated carbocycles. The Balaban J connectivity index is 1.56. The molecule has 3 N–H and O–H groups in total. The summed E-state index contributed by atoms with van der Waals surface area (Å²) >= 11 is 1.29. The van der Waals surface area contributed by atoms with E-state index < -0.39 is 27.9 Å².